The zero-order valence-electron chi connectivity index (χ0n) is 11.6. The third kappa shape index (κ3) is 3.86. The SMILES string of the molecule is CNC(c1cc(C)cc(Br)c1)c1cccc(C(F)(F)F)c1. The maximum atomic E-state index is 12.8. The fraction of sp³-hybridized carbons (Fsp3) is 0.250. The van der Waals surface area contributed by atoms with Crippen molar-refractivity contribution in [2.45, 2.75) is 19.1 Å². The van der Waals surface area contributed by atoms with Gasteiger partial charge in [0.15, 0.2) is 0 Å². The molecule has 2 rings (SSSR count). The van der Waals surface area contributed by atoms with Gasteiger partial charge in [0, 0.05) is 4.47 Å². The lowest BCUT2D eigenvalue weighted by atomic mass is 9.96. The van der Waals surface area contributed by atoms with Crippen LogP contribution in [0.25, 0.3) is 0 Å². The van der Waals surface area contributed by atoms with Gasteiger partial charge in [0.25, 0.3) is 0 Å². The van der Waals surface area contributed by atoms with E-state index in [1.165, 1.54) is 12.1 Å². The Morgan fingerprint density at radius 2 is 1.76 bits per heavy atom. The van der Waals surface area contributed by atoms with E-state index in [0.717, 1.165) is 21.7 Å². The molecule has 0 radical (unpaired) electrons. The Hall–Kier alpha value is -1.33. The standard InChI is InChI=1S/C16H15BrF3N/c1-10-6-12(9-14(17)7-10)15(21-2)11-4-3-5-13(8-11)16(18,19)20/h3-9,15,21H,1-2H3. The quantitative estimate of drug-likeness (QED) is 0.806. The van der Waals surface area contributed by atoms with Gasteiger partial charge in [0.05, 0.1) is 11.6 Å². The summed E-state index contributed by atoms with van der Waals surface area (Å²) in [6.07, 6.45) is -4.33. The van der Waals surface area contributed by atoms with Crippen LogP contribution in [0, 0.1) is 6.92 Å². The summed E-state index contributed by atoms with van der Waals surface area (Å²) in [5, 5.41) is 3.08. The van der Waals surface area contributed by atoms with Gasteiger partial charge in [-0.3, -0.25) is 0 Å². The van der Waals surface area contributed by atoms with Crippen molar-refractivity contribution in [1.82, 2.24) is 5.32 Å². The molecule has 112 valence electrons. The maximum Gasteiger partial charge on any atom is 0.416 e. The number of hydrogen-bond acceptors (Lipinski definition) is 1. The summed E-state index contributed by atoms with van der Waals surface area (Å²) in [7, 11) is 1.74. The average molecular weight is 358 g/mol. The Balaban J connectivity index is 2.46. The largest absolute Gasteiger partial charge is 0.416 e. The molecule has 0 amide bonds. The van der Waals surface area contributed by atoms with Crippen LogP contribution in [0.2, 0.25) is 0 Å². The summed E-state index contributed by atoms with van der Waals surface area (Å²) >= 11 is 3.42. The van der Waals surface area contributed by atoms with Crippen LogP contribution < -0.4 is 5.32 Å². The molecule has 0 heterocycles. The van der Waals surface area contributed by atoms with Gasteiger partial charge >= 0.3 is 6.18 Å². The number of alkyl halides is 3. The average Bonchev–Trinajstić information content (AvgIpc) is 2.38. The Bertz CT molecular complexity index is 617. The van der Waals surface area contributed by atoms with E-state index in [-0.39, 0.29) is 6.04 Å². The summed E-state index contributed by atoms with van der Waals surface area (Å²) in [5.41, 5.74) is 1.92. The summed E-state index contributed by atoms with van der Waals surface area (Å²) in [6.45, 7) is 1.95. The summed E-state index contributed by atoms with van der Waals surface area (Å²) in [4.78, 5) is 0. The van der Waals surface area contributed by atoms with E-state index in [1.54, 1.807) is 13.1 Å². The van der Waals surface area contributed by atoms with Crippen molar-refractivity contribution in [2.75, 3.05) is 7.05 Å². The van der Waals surface area contributed by atoms with Gasteiger partial charge < -0.3 is 5.32 Å². The van der Waals surface area contributed by atoms with Crippen molar-refractivity contribution in [3.63, 3.8) is 0 Å². The number of aryl methyl sites for hydroxylation is 1. The van der Waals surface area contributed by atoms with E-state index >= 15 is 0 Å². The predicted octanol–water partition coefficient (Wildman–Crippen LogP) is 5.09. The molecule has 0 saturated heterocycles. The molecular formula is C16H15BrF3N. The van der Waals surface area contributed by atoms with Crippen molar-refractivity contribution >= 4 is 15.9 Å². The molecule has 5 heteroatoms. The second kappa shape index (κ2) is 6.20. The minimum atomic E-state index is -4.33. The molecule has 1 N–H and O–H groups in total. The highest BCUT2D eigenvalue weighted by molar-refractivity contribution is 9.10. The summed E-state index contributed by atoms with van der Waals surface area (Å²) in [6, 6.07) is 11.0. The number of halogens is 4. The van der Waals surface area contributed by atoms with Crippen LogP contribution >= 0.6 is 15.9 Å². The minimum absolute atomic E-state index is 0.288. The lowest BCUT2D eigenvalue weighted by molar-refractivity contribution is -0.137. The Morgan fingerprint density at radius 3 is 2.33 bits per heavy atom. The van der Waals surface area contributed by atoms with Crippen molar-refractivity contribution in [1.29, 1.82) is 0 Å². The highest BCUT2D eigenvalue weighted by atomic mass is 79.9. The van der Waals surface area contributed by atoms with E-state index in [9.17, 15) is 13.2 Å². The van der Waals surface area contributed by atoms with Crippen molar-refractivity contribution in [2.24, 2.45) is 0 Å². The Morgan fingerprint density at radius 1 is 1.05 bits per heavy atom. The topological polar surface area (TPSA) is 12.0 Å². The Kier molecular flexibility index (Phi) is 4.74. The number of rotatable bonds is 3. The fourth-order valence-electron chi connectivity index (χ4n) is 2.35. The fourth-order valence-corrected chi connectivity index (χ4v) is 2.98. The van der Waals surface area contributed by atoms with E-state index in [2.05, 4.69) is 21.2 Å². The summed E-state index contributed by atoms with van der Waals surface area (Å²) < 4.78 is 39.4. The minimum Gasteiger partial charge on any atom is -0.309 e. The molecule has 1 unspecified atom stereocenters. The number of benzene rings is 2. The number of nitrogens with one attached hydrogen (secondary N) is 1. The molecule has 0 aromatic heterocycles. The molecule has 1 atom stereocenters. The molecule has 0 bridgehead atoms. The molecular weight excluding hydrogens is 343 g/mol. The third-order valence-corrected chi connectivity index (χ3v) is 3.69. The van der Waals surface area contributed by atoms with Gasteiger partial charge in [-0.05, 0) is 54.9 Å². The van der Waals surface area contributed by atoms with Crippen LogP contribution in [0.3, 0.4) is 0 Å². The van der Waals surface area contributed by atoms with Gasteiger partial charge in [0.2, 0.25) is 0 Å². The molecule has 0 aliphatic heterocycles. The lowest BCUT2D eigenvalue weighted by Crippen LogP contribution is -2.18. The van der Waals surface area contributed by atoms with Crippen molar-refractivity contribution < 1.29 is 13.2 Å². The zero-order chi connectivity index (χ0) is 15.6. The van der Waals surface area contributed by atoms with E-state index in [0.29, 0.717) is 5.56 Å². The zero-order valence-corrected chi connectivity index (χ0v) is 13.2. The van der Waals surface area contributed by atoms with Crippen LogP contribution in [0.5, 0.6) is 0 Å². The van der Waals surface area contributed by atoms with Gasteiger partial charge in [-0.25, -0.2) is 0 Å². The van der Waals surface area contributed by atoms with Crippen LogP contribution in [0.1, 0.15) is 28.3 Å². The molecule has 21 heavy (non-hydrogen) atoms. The van der Waals surface area contributed by atoms with Crippen LogP contribution in [-0.2, 0) is 6.18 Å². The first-order valence-electron chi connectivity index (χ1n) is 6.43. The molecule has 0 saturated carbocycles. The first-order valence-corrected chi connectivity index (χ1v) is 7.22. The predicted molar refractivity (Wildman–Crippen MR) is 81.2 cm³/mol. The molecule has 0 spiro atoms. The highest BCUT2D eigenvalue weighted by Gasteiger charge is 2.31. The number of hydrogen-bond donors (Lipinski definition) is 1. The normalized spacial score (nSPS) is 13.2. The van der Waals surface area contributed by atoms with Crippen LogP contribution in [-0.4, -0.2) is 7.05 Å². The molecule has 0 aliphatic rings. The maximum absolute atomic E-state index is 12.8. The first-order chi connectivity index (χ1) is 9.81. The van der Waals surface area contributed by atoms with Gasteiger partial charge in [-0.15, -0.1) is 0 Å². The van der Waals surface area contributed by atoms with E-state index in [1.807, 2.05) is 25.1 Å². The molecule has 2 aromatic rings. The molecule has 2 aromatic carbocycles. The highest BCUT2D eigenvalue weighted by Crippen LogP contribution is 2.32. The van der Waals surface area contributed by atoms with Gasteiger partial charge in [-0.2, -0.15) is 13.2 Å². The van der Waals surface area contributed by atoms with Crippen molar-refractivity contribution in [3.8, 4) is 0 Å². The monoisotopic (exact) mass is 357 g/mol. The van der Waals surface area contributed by atoms with Crippen molar-refractivity contribution in [3.05, 3.63) is 69.2 Å². The molecule has 0 fully saturated rings. The van der Waals surface area contributed by atoms with Crippen LogP contribution in [0.4, 0.5) is 13.2 Å². The molecule has 0 aliphatic carbocycles. The smallest absolute Gasteiger partial charge is 0.309 e. The van der Waals surface area contributed by atoms with Gasteiger partial charge in [0.1, 0.15) is 0 Å². The van der Waals surface area contributed by atoms with Gasteiger partial charge in [-0.1, -0.05) is 34.1 Å². The third-order valence-electron chi connectivity index (χ3n) is 3.23. The Labute approximate surface area is 130 Å². The van der Waals surface area contributed by atoms with Crippen LogP contribution in [0.15, 0.2) is 46.9 Å². The second-order valence-corrected chi connectivity index (χ2v) is 5.82. The first kappa shape index (κ1) is 16.0. The second-order valence-electron chi connectivity index (χ2n) is 4.91. The van der Waals surface area contributed by atoms with E-state index in [4.69, 9.17) is 0 Å². The lowest BCUT2D eigenvalue weighted by Gasteiger charge is -2.19. The van der Waals surface area contributed by atoms with E-state index < -0.39 is 11.7 Å². The molecule has 1 nitrogen and oxygen atoms in total. The summed E-state index contributed by atoms with van der Waals surface area (Å²) in [5.74, 6) is 0.